The Hall–Kier alpha value is -1.25. The van der Waals surface area contributed by atoms with Crippen LogP contribution in [0.25, 0.3) is 0 Å². The van der Waals surface area contributed by atoms with Crippen molar-refractivity contribution in [3.05, 3.63) is 29.8 Å². The first-order valence-corrected chi connectivity index (χ1v) is 11.4. The van der Waals surface area contributed by atoms with E-state index in [-0.39, 0.29) is 23.4 Å². The van der Waals surface area contributed by atoms with Crippen LogP contribution in [-0.2, 0) is 14.6 Å². The van der Waals surface area contributed by atoms with Gasteiger partial charge in [0.25, 0.3) is 0 Å². The normalized spacial score (nSPS) is 33.1. The van der Waals surface area contributed by atoms with Gasteiger partial charge in [-0.25, -0.2) is 13.2 Å². The van der Waals surface area contributed by atoms with Crippen LogP contribution in [0.15, 0.2) is 29.2 Å². The van der Waals surface area contributed by atoms with Gasteiger partial charge in [0.15, 0.2) is 9.84 Å². The minimum Gasteiger partial charge on any atom is -0.374 e. The monoisotopic (exact) mass is 382 g/mol. The van der Waals surface area contributed by atoms with Crippen LogP contribution in [0.1, 0.15) is 30.9 Å². The largest absolute Gasteiger partial charge is 0.374 e. The lowest BCUT2D eigenvalue weighted by Crippen LogP contribution is -2.51. The number of carbonyl (C=O) groups is 1. The molecule has 8 heteroatoms. The van der Waals surface area contributed by atoms with E-state index in [4.69, 9.17) is 4.74 Å². The molecule has 25 heavy (non-hydrogen) atoms. The van der Waals surface area contributed by atoms with E-state index < -0.39 is 15.9 Å². The van der Waals surface area contributed by atoms with E-state index in [1.807, 2.05) is 11.8 Å². The molecule has 0 bridgehead atoms. The fraction of sp³-hybridized carbons (Fsp3) is 0.588. The van der Waals surface area contributed by atoms with Gasteiger partial charge in [0.2, 0.25) is 0 Å². The average Bonchev–Trinajstić information content (AvgIpc) is 3.11. The van der Waals surface area contributed by atoms with Crippen molar-refractivity contribution in [2.75, 3.05) is 23.9 Å². The number of thioether (sulfide) groups is 1. The van der Waals surface area contributed by atoms with Crippen molar-refractivity contribution in [2.45, 2.75) is 41.8 Å². The van der Waals surface area contributed by atoms with Gasteiger partial charge in [0.1, 0.15) is 0 Å². The summed E-state index contributed by atoms with van der Waals surface area (Å²) in [7, 11) is -3.32. The summed E-state index contributed by atoms with van der Waals surface area (Å²) in [6.07, 6.45) is 2.65. The molecule has 0 unspecified atom stereocenters. The van der Waals surface area contributed by atoms with E-state index in [2.05, 4.69) is 10.6 Å². The van der Waals surface area contributed by atoms with E-state index in [1.165, 1.54) is 0 Å². The summed E-state index contributed by atoms with van der Waals surface area (Å²) in [5, 5.41) is 5.86. The second-order valence-electron chi connectivity index (χ2n) is 7.01. The SMILES string of the molecule is O=C(N[C@@H]1CCO[C@]2(CCSC2)C1)N[C@@H]1CS(=O)(=O)c2ccccc21. The number of urea groups is 1. The number of carbonyl (C=O) groups excluding carboxylic acids is 1. The van der Waals surface area contributed by atoms with Crippen LogP contribution in [0.2, 0.25) is 0 Å². The molecule has 3 heterocycles. The van der Waals surface area contributed by atoms with Crippen LogP contribution in [-0.4, -0.2) is 50.0 Å². The standard InChI is InChI=1S/C17H22N2O4S2/c20-16(18-12-5-7-23-17(9-12)6-8-24-11-17)19-14-10-25(21,22)15-4-2-1-3-13(14)15/h1-4,12,14H,5-11H2,(H2,18,19,20)/t12-,14-,17-/m1/s1. The fourth-order valence-electron chi connectivity index (χ4n) is 3.97. The summed E-state index contributed by atoms with van der Waals surface area (Å²) in [4.78, 5) is 12.8. The third-order valence-corrected chi connectivity index (χ3v) is 8.25. The first-order chi connectivity index (χ1) is 12.0. The predicted molar refractivity (Wildman–Crippen MR) is 96.6 cm³/mol. The number of rotatable bonds is 2. The maximum atomic E-state index is 12.4. The number of sulfone groups is 1. The van der Waals surface area contributed by atoms with Crippen LogP contribution < -0.4 is 10.6 Å². The Balaban J connectivity index is 1.40. The van der Waals surface area contributed by atoms with Crippen molar-refractivity contribution in [3.8, 4) is 0 Å². The van der Waals surface area contributed by atoms with Gasteiger partial charge in [-0.05, 0) is 36.6 Å². The van der Waals surface area contributed by atoms with Crippen molar-refractivity contribution in [2.24, 2.45) is 0 Å². The van der Waals surface area contributed by atoms with Gasteiger partial charge in [0, 0.05) is 18.4 Å². The molecule has 4 rings (SSSR count). The third kappa shape index (κ3) is 3.39. The predicted octanol–water partition coefficient (Wildman–Crippen LogP) is 1.87. The van der Waals surface area contributed by atoms with Crippen LogP contribution in [0.4, 0.5) is 4.79 Å². The molecular formula is C17H22N2O4S2. The number of hydrogen-bond acceptors (Lipinski definition) is 5. The van der Waals surface area contributed by atoms with Gasteiger partial charge < -0.3 is 15.4 Å². The van der Waals surface area contributed by atoms with Crippen molar-refractivity contribution in [1.29, 1.82) is 0 Å². The van der Waals surface area contributed by atoms with E-state index in [0.717, 1.165) is 30.8 Å². The van der Waals surface area contributed by atoms with Crippen molar-refractivity contribution in [3.63, 3.8) is 0 Å². The lowest BCUT2D eigenvalue weighted by Gasteiger charge is -2.38. The first-order valence-electron chi connectivity index (χ1n) is 8.58. The summed E-state index contributed by atoms with van der Waals surface area (Å²) in [5.41, 5.74) is 0.581. The summed E-state index contributed by atoms with van der Waals surface area (Å²) < 4.78 is 30.4. The Morgan fingerprint density at radius 2 is 2.12 bits per heavy atom. The average molecular weight is 383 g/mol. The van der Waals surface area contributed by atoms with Gasteiger partial charge in [0.05, 0.1) is 22.3 Å². The number of benzene rings is 1. The quantitative estimate of drug-likeness (QED) is 0.816. The molecule has 1 aromatic carbocycles. The van der Waals surface area contributed by atoms with Gasteiger partial charge in [-0.3, -0.25) is 0 Å². The summed E-state index contributed by atoms with van der Waals surface area (Å²) in [6, 6.07) is 6.16. The van der Waals surface area contributed by atoms with Gasteiger partial charge in [-0.1, -0.05) is 18.2 Å². The molecule has 2 amide bonds. The highest BCUT2D eigenvalue weighted by Gasteiger charge is 2.41. The number of nitrogens with one attached hydrogen (secondary N) is 2. The topological polar surface area (TPSA) is 84.5 Å². The maximum Gasteiger partial charge on any atom is 0.315 e. The van der Waals surface area contributed by atoms with E-state index in [9.17, 15) is 13.2 Å². The summed E-state index contributed by atoms with van der Waals surface area (Å²) in [5.74, 6) is 2.02. The maximum absolute atomic E-state index is 12.4. The Morgan fingerprint density at radius 1 is 1.28 bits per heavy atom. The molecule has 0 aromatic heterocycles. The molecule has 1 aromatic rings. The first kappa shape index (κ1) is 17.2. The molecule has 136 valence electrons. The lowest BCUT2D eigenvalue weighted by molar-refractivity contribution is -0.0684. The van der Waals surface area contributed by atoms with Gasteiger partial charge in [-0.2, -0.15) is 11.8 Å². The van der Waals surface area contributed by atoms with Crippen LogP contribution in [0, 0.1) is 0 Å². The van der Waals surface area contributed by atoms with E-state index in [1.54, 1.807) is 24.3 Å². The lowest BCUT2D eigenvalue weighted by atomic mass is 9.90. The smallest absolute Gasteiger partial charge is 0.315 e. The second kappa shape index (κ2) is 6.48. The van der Waals surface area contributed by atoms with Crippen LogP contribution >= 0.6 is 11.8 Å². The molecule has 0 radical (unpaired) electrons. The number of amides is 2. The molecule has 3 atom stereocenters. The summed E-state index contributed by atoms with van der Waals surface area (Å²) in [6.45, 7) is 0.659. The molecule has 3 aliphatic heterocycles. The van der Waals surface area contributed by atoms with Crippen molar-refractivity contribution >= 4 is 27.6 Å². The molecule has 6 nitrogen and oxygen atoms in total. The van der Waals surface area contributed by atoms with Crippen LogP contribution in [0.3, 0.4) is 0 Å². The molecule has 1 spiro atoms. The molecule has 2 N–H and O–H groups in total. The molecule has 0 aliphatic carbocycles. The Bertz CT molecular complexity index is 775. The number of fused-ring (bicyclic) bond motifs is 1. The van der Waals surface area contributed by atoms with Crippen LogP contribution in [0.5, 0.6) is 0 Å². The van der Waals surface area contributed by atoms with Crippen molar-refractivity contribution in [1.82, 2.24) is 10.6 Å². The van der Waals surface area contributed by atoms with Gasteiger partial charge in [-0.15, -0.1) is 0 Å². The zero-order chi connectivity index (χ0) is 17.5. The molecule has 2 fully saturated rings. The third-order valence-electron chi connectivity index (χ3n) is 5.22. The Morgan fingerprint density at radius 3 is 2.92 bits per heavy atom. The Labute approximate surface area is 152 Å². The Kier molecular flexibility index (Phi) is 4.45. The zero-order valence-electron chi connectivity index (χ0n) is 13.9. The second-order valence-corrected chi connectivity index (χ2v) is 10.1. The molecule has 2 saturated heterocycles. The minimum atomic E-state index is -3.32. The highest BCUT2D eigenvalue weighted by Crippen LogP contribution is 2.38. The molecular weight excluding hydrogens is 360 g/mol. The minimum absolute atomic E-state index is 0.0701. The number of ether oxygens (including phenoxy) is 1. The number of hydrogen-bond donors (Lipinski definition) is 2. The van der Waals surface area contributed by atoms with E-state index >= 15 is 0 Å². The van der Waals surface area contributed by atoms with Gasteiger partial charge >= 0.3 is 6.03 Å². The zero-order valence-corrected chi connectivity index (χ0v) is 15.5. The molecule has 0 saturated carbocycles. The van der Waals surface area contributed by atoms with Crippen molar-refractivity contribution < 1.29 is 17.9 Å². The highest BCUT2D eigenvalue weighted by atomic mass is 32.2. The summed E-state index contributed by atoms with van der Waals surface area (Å²) >= 11 is 1.90. The fourth-order valence-corrected chi connectivity index (χ4v) is 7.08. The van der Waals surface area contributed by atoms with E-state index in [0.29, 0.717) is 17.1 Å². The molecule has 3 aliphatic rings. The highest BCUT2D eigenvalue weighted by molar-refractivity contribution is 7.99.